The first-order valence-corrected chi connectivity index (χ1v) is 10.9. The minimum atomic E-state index is -0.615. The van der Waals surface area contributed by atoms with E-state index in [9.17, 15) is 14.0 Å². The lowest BCUT2D eigenvalue weighted by atomic mass is 9.95. The van der Waals surface area contributed by atoms with E-state index in [1.165, 1.54) is 18.6 Å². The maximum absolute atomic E-state index is 13.2. The Morgan fingerprint density at radius 2 is 1.63 bits per heavy atom. The number of hydrogen-bond acceptors (Lipinski definition) is 2. The summed E-state index contributed by atoms with van der Waals surface area (Å²) in [5.74, 6) is -0.657. The van der Waals surface area contributed by atoms with Gasteiger partial charge in [-0.25, -0.2) is 4.39 Å². The number of hydrogen-bond donors (Lipinski definition) is 1. The van der Waals surface area contributed by atoms with E-state index in [1.807, 2.05) is 12.1 Å². The molecule has 3 rings (SSSR count). The molecular weight excluding hydrogens is 403 g/mol. The van der Waals surface area contributed by atoms with Crippen molar-refractivity contribution in [2.24, 2.45) is 0 Å². The predicted molar refractivity (Wildman–Crippen MR) is 117 cm³/mol. The molecule has 0 saturated heterocycles. The van der Waals surface area contributed by atoms with E-state index in [1.54, 1.807) is 36.1 Å². The first-order valence-electron chi connectivity index (χ1n) is 10.5. The summed E-state index contributed by atoms with van der Waals surface area (Å²) in [6.07, 6.45) is 5.53. The Labute approximate surface area is 182 Å². The van der Waals surface area contributed by atoms with Crippen LogP contribution in [0.3, 0.4) is 0 Å². The van der Waals surface area contributed by atoms with E-state index < -0.39 is 6.04 Å². The maximum atomic E-state index is 13.2. The smallest absolute Gasteiger partial charge is 0.242 e. The molecule has 0 spiro atoms. The normalized spacial score (nSPS) is 15.4. The SMILES string of the molecule is C[C@@H](C(=O)NC1CCCCC1)N(Cc1ccc(Cl)cc1)C(=O)Cc1ccc(F)cc1. The van der Waals surface area contributed by atoms with Gasteiger partial charge in [0.05, 0.1) is 6.42 Å². The number of nitrogens with zero attached hydrogens (tertiary/aromatic N) is 1. The number of nitrogens with one attached hydrogen (secondary N) is 1. The first kappa shape index (κ1) is 22.3. The summed E-state index contributed by atoms with van der Waals surface area (Å²) >= 11 is 5.98. The van der Waals surface area contributed by atoms with Gasteiger partial charge in [0.15, 0.2) is 0 Å². The minimum absolute atomic E-state index is 0.106. The monoisotopic (exact) mass is 430 g/mol. The predicted octanol–water partition coefficient (Wildman–Crippen LogP) is 4.89. The molecule has 0 aromatic heterocycles. The summed E-state index contributed by atoms with van der Waals surface area (Å²) < 4.78 is 13.2. The molecule has 1 aliphatic carbocycles. The summed E-state index contributed by atoms with van der Waals surface area (Å²) in [7, 11) is 0. The van der Waals surface area contributed by atoms with Gasteiger partial charge in [-0.1, -0.05) is 55.1 Å². The van der Waals surface area contributed by atoms with Crippen LogP contribution in [0.4, 0.5) is 4.39 Å². The zero-order valence-corrected chi connectivity index (χ0v) is 18.0. The highest BCUT2D eigenvalue weighted by Crippen LogP contribution is 2.19. The molecule has 30 heavy (non-hydrogen) atoms. The van der Waals surface area contributed by atoms with Gasteiger partial charge < -0.3 is 10.2 Å². The first-order chi connectivity index (χ1) is 14.4. The summed E-state index contributed by atoms with van der Waals surface area (Å²) in [6.45, 7) is 2.06. The van der Waals surface area contributed by atoms with Crippen LogP contribution in [-0.2, 0) is 22.6 Å². The fourth-order valence-corrected chi connectivity index (χ4v) is 3.94. The van der Waals surface area contributed by atoms with Crippen molar-refractivity contribution in [3.05, 3.63) is 70.5 Å². The second kappa shape index (κ2) is 10.6. The van der Waals surface area contributed by atoms with Crippen LogP contribution in [0.5, 0.6) is 0 Å². The van der Waals surface area contributed by atoms with Crippen LogP contribution in [0.2, 0.25) is 5.02 Å². The lowest BCUT2D eigenvalue weighted by Gasteiger charge is -2.31. The Kier molecular flexibility index (Phi) is 7.86. The topological polar surface area (TPSA) is 49.4 Å². The lowest BCUT2D eigenvalue weighted by Crippen LogP contribution is -2.50. The fourth-order valence-electron chi connectivity index (χ4n) is 3.82. The van der Waals surface area contributed by atoms with E-state index in [-0.39, 0.29) is 30.1 Å². The van der Waals surface area contributed by atoms with Gasteiger partial charge >= 0.3 is 0 Å². The van der Waals surface area contributed by atoms with Crippen LogP contribution in [-0.4, -0.2) is 28.8 Å². The van der Waals surface area contributed by atoms with E-state index >= 15 is 0 Å². The Hall–Kier alpha value is -2.40. The van der Waals surface area contributed by atoms with Crippen LogP contribution in [0.1, 0.15) is 50.2 Å². The van der Waals surface area contributed by atoms with Gasteiger partial charge in [-0.15, -0.1) is 0 Å². The van der Waals surface area contributed by atoms with E-state index in [0.29, 0.717) is 17.1 Å². The Morgan fingerprint density at radius 1 is 1.03 bits per heavy atom. The highest BCUT2D eigenvalue weighted by atomic mass is 35.5. The van der Waals surface area contributed by atoms with Crippen LogP contribution in [0, 0.1) is 5.82 Å². The molecular formula is C24H28ClFN2O2. The average Bonchev–Trinajstić information content (AvgIpc) is 2.75. The average molecular weight is 431 g/mol. The molecule has 0 radical (unpaired) electrons. The lowest BCUT2D eigenvalue weighted by molar-refractivity contribution is -0.140. The zero-order valence-electron chi connectivity index (χ0n) is 17.2. The second-order valence-electron chi connectivity index (χ2n) is 7.97. The molecule has 0 heterocycles. The van der Waals surface area contributed by atoms with Crippen LogP contribution < -0.4 is 5.32 Å². The van der Waals surface area contributed by atoms with Gasteiger partial charge in [-0.05, 0) is 55.2 Å². The van der Waals surface area contributed by atoms with Crippen molar-refractivity contribution in [1.82, 2.24) is 10.2 Å². The van der Waals surface area contributed by atoms with Gasteiger partial charge in [-0.2, -0.15) is 0 Å². The van der Waals surface area contributed by atoms with Crippen molar-refractivity contribution < 1.29 is 14.0 Å². The van der Waals surface area contributed by atoms with Crippen LogP contribution in [0.15, 0.2) is 48.5 Å². The fraction of sp³-hybridized carbons (Fsp3) is 0.417. The van der Waals surface area contributed by atoms with Gasteiger partial charge in [0.25, 0.3) is 0 Å². The Bertz CT molecular complexity index is 849. The third-order valence-electron chi connectivity index (χ3n) is 5.65. The maximum Gasteiger partial charge on any atom is 0.242 e. The molecule has 6 heteroatoms. The Balaban J connectivity index is 1.74. The van der Waals surface area contributed by atoms with Gasteiger partial charge in [0, 0.05) is 17.6 Å². The molecule has 1 atom stereocenters. The number of carbonyl (C=O) groups excluding carboxylic acids is 2. The minimum Gasteiger partial charge on any atom is -0.352 e. The third kappa shape index (κ3) is 6.30. The van der Waals surface area contributed by atoms with E-state index in [0.717, 1.165) is 31.2 Å². The summed E-state index contributed by atoms with van der Waals surface area (Å²) in [4.78, 5) is 27.6. The molecule has 2 aromatic rings. The van der Waals surface area contributed by atoms with Gasteiger partial charge in [-0.3, -0.25) is 9.59 Å². The van der Waals surface area contributed by atoms with Crippen molar-refractivity contribution in [3.8, 4) is 0 Å². The van der Waals surface area contributed by atoms with Gasteiger partial charge in [0.1, 0.15) is 11.9 Å². The zero-order chi connectivity index (χ0) is 21.5. The molecule has 0 bridgehead atoms. The standard InChI is InChI=1S/C24H28ClFN2O2/c1-17(24(30)27-22-5-3-2-4-6-22)28(16-19-7-11-20(25)12-8-19)23(29)15-18-9-13-21(26)14-10-18/h7-14,17,22H,2-6,15-16H2,1H3,(H,27,30)/t17-/m0/s1. The van der Waals surface area contributed by atoms with Crippen molar-refractivity contribution in [2.45, 2.75) is 64.1 Å². The summed E-state index contributed by atoms with van der Waals surface area (Å²) in [6, 6.07) is 12.7. The molecule has 0 aliphatic heterocycles. The molecule has 160 valence electrons. The quantitative estimate of drug-likeness (QED) is 0.680. The molecule has 4 nitrogen and oxygen atoms in total. The molecule has 2 amide bonds. The van der Waals surface area contributed by atoms with Crippen molar-refractivity contribution in [2.75, 3.05) is 0 Å². The molecule has 1 N–H and O–H groups in total. The number of halogens is 2. The molecule has 1 fully saturated rings. The van der Waals surface area contributed by atoms with E-state index in [2.05, 4.69) is 5.32 Å². The molecule has 2 aromatic carbocycles. The number of rotatable bonds is 7. The summed E-state index contributed by atoms with van der Waals surface area (Å²) in [5.41, 5.74) is 1.60. The largest absolute Gasteiger partial charge is 0.352 e. The third-order valence-corrected chi connectivity index (χ3v) is 5.91. The van der Waals surface area contributed by atoms with Crippen LogP contribution >= 0.6 is 11.6 Å². The van der Waals surface area contributed by atoms with Crippen LogP contribution in [0.25, 0.3) is 0 Å². The Morgan fingerprint density at radius 3 is 2.27 bits per heavy atom. The second-order valence-corrected chi connectivity index (χ2v) is 8.41. The number of carbonyl (C=O) groups is 2. The van der Waals surface area contributed by atoms with Crippen molar-refractivity contribution >= 4 is 23.4 Å². The molecule has 1 aliphatic rings. The highest BCUT2D eigenvalue weighted by Gasteiger charge is 2.28. The number of benzene rings is 2. The van der Waals surface area contributed by atoms with Crippen molar-refractivity contribution in [1.29, 1.82) is 0 Å². The molecule has 1 saturated carbocycles. The van der Waals surface area contributed by atoms with E-state index in [4.69, 9.17) is 11.6 Å². The number of amides is 2. The van der Waals surface area contributed by atoms with Gasteiger partial charge in [0.2, 0.25) is 11.8 Å². The molecule has 0 unspecified atom stereocenters. The van der Waals surface area contributed by atoms with Crippen molar-refractivity contribution in [3.63, 3.8) is 0 Å². The summed E-state index contributed by atoms with van der Waals surface area (Å²) in [5, 5.41) is 3.73. The highest BCUT2D eigenvalue weighted by molar-refractivity contribution is 6.30.